The Morgan fingerprint density at radius 3 is 2.70 bits per heavy atom. The van der Waals surface area contributed by atoms with Gasteiger partial charge in [-0.25, -0.2) is 0 Å². The number of hydrogen-bond donors (Lipinski definition) is 2. The molecule has 1 aromatic heterocycles. The Kier molecular flexibility index (Phi) is 4.79. The summed E-state index contributed by atoms with van der Waals surface area (Å²) in [5.41, 5.74) is 0. The molecule has 0 saturated carbocycles. The van der Waals surface area contributed by atoms with Gasteiger partial charge >= 0.3 is 0 Å². The van der Waals surface area contributed by atoms with E-state index in [9.17, 15) is 9.59 Å². The minimum Gasteiger partial charge on any atom is -0.459 e. The standard InChI is InChI=1S/C14H21N3O3/c1-3-15-13(18)11(2)16-6-8-17(9-7-16)14(19)12-5-4-10-20-12/h4-5,10-11H,3,6-9H2,1-2H3,(H,15,18)/p+1/t11-/m0/s1. The molecule has 0 bridgehead atoms. The number of piperazine rings is 1. The van der Waals surface area contributed by atoms with Gasteiger partial charge in [0.15, 0.2) is 11.8 Å². The molecule has 110 valence electrons. The molecule has 0 aliphatic carbocycles. The molecular weight excluding hydrogens is 258 g/mol. The second kappa shape index (κ2) is 6.56. The van der Waals surface area contributed by atoms with Crippen LogP contribution in [0.15, 0.2) is 22.8 Å². The first-order valence-electron chi connectivity index (χ1n) is 7.08. The van der Waals surface area contributed by atoms with E-state index in [1.54, 1.807) is 17.0 Å². The number of nitrogens with zero attached hydrogens (tertiary/aromatic N) is 1. The van der Waals surface area contributed by atoms with Gasteiger partial charge in [0.25, 0.3) is 11.8 Å². The van der Waals surface area contributed by atoms with E-state index in [4.69, 9.17) is 4.42 Å². The summed E-state index contributed by atoms with van der Waals surface area (Å²) in [6.07, 6.45) is 1.51. The van der Waals surface area contributed by atoms with E-state index >= 15 is 0 Å². The highest BCUT2D eigenvalue weighted by Gasteiger charge is 2.31. The molecular formula is C14H22N3O3+. The SMILES string of the molecule is CCNC(=O)[C@H](C)[NH+]1CCN(C(=O)c2ccco2)CC1. The van der Waals surface area contributed by atoms with E-state index in [-0.39, 0.29) is 17.9 Å². The van der Waals surface area contributed by atoms with Gasteiger partial charge in [0.2, 0.25) is 0 Å². The van der Waals surface area contributed by atoms with Gasteiger partial charge in [-0.1, -0.05) is 0 Å². The van der Waals surface area contributed by atoms with E-state index in [1.165, 1.54) is 11.2 Å². The number of nitrogens with one attached hydrogen (secondary N) is 2. The van der Waals surface area contributed by atoms with Crippen molar-refractivity contribution in [2.24, 2.45) is 0 Å². The minimum atomic E-state index is -0.0733. The van der Waals surface area contributed by atoms with Crippen molar-refractivity contribution in [1.29, 1.82) is 0 Å². The lowest BCUT2D eigenvalue weighted by Crippen LogP contribution is -3.19. The van der Waals surface area contributed by atoms with Crippen molar-refractivity contribution >= 4 is 11.8 Å². The van der Waals surface area contributed by atoms with E-state index in [0.717, 1.165) is 13.1 Å². The Morgan fingerprint density at radius 2 is 2.15 bits per heavy atom. The quantitative estimate of drug-likeness (QED) is 0.754. The molecule has 1 atom stereocenters. The average Bonchev–Trinajstić information content (AvgIpc) is 3.00. The van der Waals surface area contributed by atoms with Gasteiger partial charge in [0.05, 0.1) is 32.4 Å². The number of carbonyl (C=O) groups is 2. The molecule has 0 unspecified atom stereocenters. The second-order valence-electron chi connectivity index (χ2n) is 5.04. The number of hydrogen-bond acceptors (Lipinski definition) is 3. The molecule has 2 N–H and O–H groups in total. The fourth-order valence-electron chi connectivity index (χ4n) is 2.50. The molecule has 0 aromatic carbocycles. The zero-order chi connectivity index (χ0) is 14.5. The number of likely N-dealkylation sites (N-methyl/N-ethyl adjacent to an activating group) is 1. The van der Waals surface area contributed by atoms with Crippen molar-refractivity contribution in [1.82, 2.24) is 10.2 Å². The van der Waals surface area contributed by atoms with E-state index in [0.29, 0.717) is 25.4 Å². The second-order valence-corrected chi connectivity index (χ2v) is 5.04. The highest BCUT2D eigenvalue weighted by atomic mass is 16.3. The van der Waals surface area contributed by atoms with E-state index in [2.05, 4.69) is 5.32 Å². The van der Waals surface area contributed by atoms with Crippen LogP contribution in [-0.2, 0) is 4.79 Å². The molecule has 2 amide bonds. The first-order valence-corrected chi connectivity index (χ1v) is 7.08. The van der Waals surface area contributed by atoms with Crippen molar-refractivity contribution in [2.75, 3.05) is 32.7 Å². The highest BCUT2D eigenvalue weighted by Crippen LogP contribution is 2.05. The van der Waals surface area contributed by atoms with Gasteiger partial charge in [-0.3, -0.25) is 9.59 Å². The Balaban J connectivity index is 1.86. The zero-order valence-electron chi connectivity index (χ0n) is 12.0. The average molecular weight is 280 g/mol. The van der Waals surface area contributed by atoms with Gasteiger partial charge in [-0.15, -0.1) is 0 Å². The van der Waals surface area contributed by atoms with Crippen LogP contribution in [0.1, 0.15) is 24.4 Å². The summed E-state index contributed by atoms with van der Waals surface area (Å²) < 4.78 is 5.13. The normalized spacial score (nSPS) is 17.8. The van der Waals surface area contributed by atoms with Crippen LogP contribution in [0.5, 0.6) is 0 Å². The van der Waals surface area contributed by atoms with Crippen LogP contribution < -0.4 is 10.2 Å². The Bertz CT molecular complexity index is 450. The summed E-state index contributed by atoms with van der Waals surface area (Å²) in [7, 11) is 0. The third-order valence-corrected chi connectivity index (χ3v) is 3.78. The molecule has 1 aliphatic heterocycles. The molecule has 1 fully saturated rings. The van der Waals surface area contributed by atoms with Gasteiger partial charge in [-0.2, -0.15) is 0 Å². The molecule has 0 radical (unpaired) electrons. The maximum atomic E-state index is 12.1. The minimum absolute atomic E-state index is 0.0697. The highest BCUT2D eigenvalue weighted by molar-refractivity contribution is 5.91. The van der Waals surface area contributed by atoms with Crippen molar-refractivity contribution in [2.45, 2.75) is 19.9 Å². The molecule has 1 aliphatic rings. The summed E-state index contributed by atoms with van der Waals surface area (Å²) in [4.78, 5) is 26.9. The number of rotatable bonds is 4. The lowest BCUT2D eigenvalue weighted by molar-refractivity contribution is -0.917. The monoisotopic (exact) mass is 280 g/mol. The fourth-order valence-corrected chi connectivity index (χ4v) is 2.50. The van der Waals surface area contributed by atoms with Crippen molar-refractivity contribution in [3.63, 3.8) is 0 Å². The predicted octanol–water partition coefficient (Wildman–Crippen LogP) is -0.855. The molecule has 1 aromatic rings. The van der Waals surface area contributed by atoms with Crippen LogP contribution in [0.25, 0.3) is 0 Å². The van der Waals surface area contributed by atoms with Crippen LogP contribution in [0.4, 0.5) is 0 Å². The van der Waals surface area contributed by atoms with E-state index < -0.39 is 0 Å². The summed E-state index contributed by atoms with van der Waals surface area (Å²) in [5.74, 6) is 0.387. The summed E-state index contributed by atoms with van der Waals surface area (Å²) in [6, 6.07) is 3.32. The molecule has 6 nitrogen and oxygen atoms in total. The third-order valence-electron chi connectivity index (χ3n) is 3.78. The summed E-state index contributed by atoms with van der Waals surface area (Å²) in [6.45, 7) is 7.37. The summed E-state index contributed by atoms with van der Waals surface area (Å²) in [5, 5.41) is 2.84. The van der Waals surface area contributed by atoms with Gasteiger partial charge < -0.3 is 19.5 Å². The van der Waals surface area contributed by atoms with Crippen LogP contribution in [0, 0.1) is 0 Å². The van der Waals surface area contributed by atoms with Crippen LogP contribution in [0.2, 0.25) is 0 Å². The van der Waals surface area contributed by atoms with Crippen molar-refractivity contribution < 1.29 is 18.9 Å². The fraction of sp³-hybridized carbons (Fsp3) is 0.571. The molecule has 20 heavy (non-hydrogen) atoms. The van der Waals surface area contributed by atoms with Crippen molar-refractivity contribution in [3.05, 3.63) is 24.2 Å². The smallest absolute Gasteiger partial charge is 0.289 e. The lowest BCUT2D eigenvalue weighted by Gasteiger charge is -2.34. The Labute approximate surface area is 118 Å². The molecule has 2 heterocycles. The van der Waals surface area contributed by atoms with Gasteiger partial charge in [-0.05, 0) is 26.0 Å². The Hall–Kier alpha value is -1.82. The largest absolute Gasteiger partial charge is 0.459 e. The first kappa shape index (κ1) is 14.6. The van der Waals surface area contributed by atoms with Crippen molar-refractivity contribution in [3.8, 4) is 0 Å². The topological polar surface area (TPSA) is 67.0 Å². The van der Waals surface area contributed by atoms with Crippen LogP contribution >= 0.6 is 0 Å². The van der Waals surface area contributed by atoms with Gasteiger partial charge in [0, 0.05) is 6.54 Å². The molecule has 6 heteroatoms. The summed E-state index contributed by atoms with van der Waals surface area (Å²) >= 11 is 0. The molecule has 1 saturated heterocycles. The number of amides is 2. The lowest BCUT2D eigenvalue weighted by atomic mass is 10.2. The zero-order valence-corrected chi connectivity index (χ0v) is 12.0. The number of furan rings is 1. The van der Waals surface area contributed by atoms with Crippen LogP contribution in [-0.4, -0.2) is 55.5 Å². The third kappa shape index (κ3) is 3.19. The van der Waals surface area contributed by atoms with Gasteiger partial charge in [0.1, 0.15) is 0 Å². The number of carbonyl (C=O) groups excluding carboxylic acids is 2. The predicted molar refractivity (Wildman–Crippen MR) is 73.5 cm³/mol. The Morgan fingerprint density at radius 1 is 1.45 bits per heavy atom. The molecule has 0 spiro atoms. The molecule has 2 rings (SSSR count). The number of quaternary nitrogens is 1. The van der Waals surface area contributed by atoms with Crippen LogP contribution in [0.3, 0.4) is 0 Å². The maximum Gasteiger partial charge on any atom is 0.289 e. The van der Waals surface area contributed by atoms with E-state index in [1.807, 2.05) is 13.8 Å². The first-order chi connectivity index (χ1) is 9.63. The maximum absolute atomic E-state index is 12.1.